The van der Waals surface area contributed by atoms with Gasteiger partial charge < -0.3 is 33.2 Å². The number of methoxy groups -OCH3 is 2. The van der Waals surface area contributed by atoms with Crippen molar-refractivity contribution in [2.45, 2.75) is 720 Å². The maximum Gasteiger partial charge on any atom is 0.132 e. The third kappa shape index (κ3) is 3890. The molecule has 0 spiro atoms. The van der Waals surface area contributed by atoms with Gasteiger partial charge in [0.2, 0.25) is 0 Å². The van der Waals surface area contributed by atoms with E-state index in [1.807, 2.05) is 529 Å². The van der Waals surface area contributed by atoms with Crippen molar-refractivity contribution in [3.05, 3.63) is 12.2 Å². The summed E-state index contributed by atoms with van der Waals surface area (Å²) in [5.41, 5.74) is 0. The SMILES string of the molecule is C.C.C.C.C.C.C.C.C.C.CC.CC.CC.CC.CC.CC.CC.CC.CC.CC.CC.CC.CC.CC.CC.CC.CC.CC.CC.CC.CC.CC.CC.CC.CC.CC.CC.CC.CC.CC.CC.CC=CC.CCC.CCC.CCCC.CCCC(C)=O.CCCOCC.CCCOCC.CCOC.CCOC.CCOCC.CCOCCCC(=O)CC.CCSC. The van der Waals surface area contributed by atoms with Crippen molar-refractivity contribution in [2.75, 3.05) is 92.3 Å². The van der Waals surface area contributed by atoms with Gasteiger partial charge in [-0.05, 0) is 107 Å². The minimum Gasteiger partial charge on any atom is -0.385 e. The normalized spacial score (nSPS) is 5.18. The van der Waals surface area contributed by atoms with Crippen LogP contribution >= 0.6 is 11.8 Å². The minimum atomic E-state index is 0. The summed E-state index contributed by atoms with van der Waals surface area (Å²) in [5, 5.41) is 0. The third-order valence-electron chi connectivity index (χ3n) is 5.16. The molecule has 0 aliphatic carbocycles. The Labute approximate surface area is 880 Å². The topological polar surface area (TPSA) is 89.5 Å². The van der Waals surface area contributed by atoms with Crippen LogP contribution in [0.15, 0.2) is 12.2 Å². The van der Waals surface area contributed by atoms with E-state index in [0.717, 1.165) is 98.2 Å². The molecule has 0 bridgehead atoms. The second kappa shape index (κ2) is 1620. The van der Waals surface area contributed by atoms with Crippen molar-refractivity contribution in [1.82, 2.24) is 0 Å². The van der Waals surface area contributed by atoms with Gasteiger partial charge in [-0.1, -0.05) is 618 Å². The van der Waals surface area contributed by atoms with Crippen molar-refractivity contribution >= 4 is 23.3 Å². The maximum atomic E-state index is 10.7. The summed E-state index contributed by atoms with van der Waals surface area (Å²) in [4.78, 5) is 20.8. The van der Waals surface area contributed by atoms with Crippen molar-refractivity contribution in [2.24, 2.45) is 0 Å². The Bertz CT molecular complexity index is 500. The number of unbranched alkanes of at least 4 members (excludes halogenated alkanes) is 1. The number of thioether (sulfide) groups is 1. The predicted octanol–water partition coefficient (Wildman–Crippen LogP) is 54.1. The van der Waals surface area contributed by atoms with Crippen molar-refractivity contribution in [3.63, 3.8) is 0 Å². The van der Waals surface area contributed by atoms with Gasteiger partial charge in [0.05, 0.1) is 0 Å². The van der Waals surface area contributed by atoms with Crippen LogP contribution in [0.1, 0.15) is 720 Å². The molecular formula is C122H344O8S. The molecule has 0 atom stereocenters. The number of hydrogen-bond acceptors (Lipinski definition) is 9. The lowest BCUT2D eigenvalue weighted by Gasteiger charge is -1.98. The van der Waals surface area contributed by atoms with Crippen LogP contribution in [0.4, 0.5) is 0 Å². The van der Waals surface area contributed by atoms with Crippen LogP contribution in [0.2, 0.25) is 0 Å². The van der Waals surface area contributed by atoms with E-state index >= 15 is 0 Å². The van der Waals surface area contributed by atoms with Gasteiger partial charge in [-0.2, -0.15) is 11.8 Å². The van der Waals surface area contributed by atoms with Gasteiger partial charge in [-0.25, -0.2) is 0 Å². The van der Waals surface area contributed by atoms with Crippen LogP contribution in [0.25, 0.3) is 0 Å². The summed E-state index contributed by atoms with van der Waals surface area (Å²) >= 11 is 1.86. The largest absolute Gasteiger partial charge is 0.385 e. The molecule has 0 aromatic heterocycles. The van der Waals surface area contributed by atoms with Crippen LogP contribution < -0.4 is 0 Å². The van der Waals surface area contributed by atoms with Gasteiger partial charge in [0.25, 0.3) is 0 Å². The predicted molar refractivity (Wildman–Crippen MR) is 694 cm³/mol. The zero-order valence-electron chi connectivity index (χ0n) is 107. The fraction of sp³-hybridized carbons (Fsp3) is 0.967. The van der Waals surface area contributed by atoms with Crippen molar-refractivity contribution in [3.8, 4) is 0 Å². The Hall–Kier alpha value is -0.810. The highest BCUT2D eigenvalue weighted by atomic mass is 32.2. The number of rotatable bonds is 20. The molecule has 0 aliphatic rings. The van der Waals surface area contributed by atoms with Crippen LogP contribution in [0.3, 0.4) is 0 Å². The molecule has 9 heteroatoms. The quantitative estimate of drug-likeness (QED) is 0.0873. The first-order valence-electron chi connectivity index (χ1n) is 54.6. The standard InChI is InChI=1S/C8H16O2.C5H10O.2C5H12O.C4H10O.C4H10.C4H8.2C3H8O.C3H8S.2C3H8.31C2H6.10CH4/c1-3-8(9)6-5-7-10-4-2;1-3-4-5(2)6;2*1-3-5-6-4-2;1-3-5-4-2;5*1-3-4-2;2*1-3-2;31*1-2;;;;;;;;;;/h3-7H2,1-2H3;3-4H2,1-2H3;2*3-5H2,1-2H3;3-4H2,1-2H3;3-4H2,1-2H3;3-4H,1-2H3;3*3H2,1-2H3;2*3H2,1-2H3;31*1-2H3;10*1H4. The first-order valence-corrected chi connectivity index (χ1v) is 56.0. The second-order valence-corrected chi connectivity index (χ2v) is 12.8. The van der Waals surface area contributed by atoms with E-state index in [0.29, 0.717) is 18.6 Å². The summed E-state index contributed by atoms with van der Waals surface area (Å²) in [6.07, 6.45) is 17.4. The maximum absolute atomic E-state index is 10.7. The van der Waals surface area contributed by atoms with Gasteiger partial charge >= 0.3 is 0 Å². The van der Waals surface area contributed by atoms with Gasteiger partial charge in [0, 0.05) is 99.6 Å². The highest BCUT2D eigenvalue weighted by molar-refractivity contribution is 7.98. The average Bonchev–Trinajstić information content (AvgIpc) is 1.09. The van der Waals surface area contributed by atoms with E-state index < -0.39 is 0 Å². The molecule has 0 heterocycles. The Morgan fingerprint density at radius 1 is 0.221 bits per heavy atom. The monoisotopic (exact) mass is 1970 g/mol. The molecule has 0 fully saturated rings. The van der Waals surface area contributed by atoms with Crippen molar-refractivity contribution in [1.29, 1.82) is 0 Å². The Kier molecular flexibility index (Phi) is 4510. The van der Waals surface area contributed by atoms with Crippen LogP contribution in [0, 0.1) is 0 Å². The molecule has 0 rings (SSSR count). The molecule has 0 aliphatic heterocycles. The van der Waals surface area contributed by atoms with E-state index in [4.69, 9.17) is 18.9 Å². The number of carbonyl (C=O) groups excluding carboxylic acids is 2. The highest BCUT2D eigenvalue weighted by Gasteiger charge is 1.96. The number of ketones is 2. The highest BCUT2D eigenvalue weighted by Crippen LogP contribution is 1.94. The van der Waals surface area contributed by atoms with Crippen LogP contribution in [-0.4, -0.2) is 104 Å². The molecular weight excluding hydrogens is 1630 g/mol. The fourth-order valence-electron chi connectivity index (χ4n) is 1.83. The first kappa shape index (κ1) is 365. The Morgan fingerprint density at radius 2 is 0.351 bits per heavy atom. The molecule has 0 unspecified atom stereocenters. The van der Waals surface area contributed by atoms with Gasteiger partial charge in [0.1, 0.15) is 11.6 Å². The third-order valence-corrected chi connectivity index (χ3v) is 5.73. The molecule has 0 saturated carbocycles. The number of hydrogen-bond donors (Lipinski definition) is 0. The van der Waals surface area contributed by atoms with E-state index in [-0.39, 0.29) is 80.0 Å². The van der Waals surface area contributed by atoms with Gasteiger partial charge in [-0.15, -0.1) is 0 Å². The number of carbonyl (C=O) groups is 2. The average molecular weight is 1970 g/mol. The molecule has 0 aromatic rings. The summed E-state index contributed by atoms with van der Waals surface area (Å²) in [6.45, 7) is 175. The Morgan fingerprint density at radius 3 is 0.397 bits per heavy atom. The summed E-state index contributed by atoms with van der Waals surface area (Å²) in [6, 6.07) is 0. The minimum absolute atomic E-state index is 0. The first-order chi connectivity index (χ1) is 59.2. The van der Waals surface area contributed by atoms with Crippen LogP contribution in [0.5, 0.6) is 0 Å². The lowest BCUT2D eigenvalue weighted by atomic mass is 10.2. The summed E-state index contributed by atoms with van der Waals surface area (Å²) in [7, 11) is 3.36. The van der Waals surface area contributed by atoms with Gasteiger partial charge in [0.15, 0.2) is 0 Å². The second-order valence-electron chi connectivity index (χ2n) is 11.6. The van der Waals surface area contributed by atoms with E-state index in [9.17, 15) is 9.59 Å². The summed E-state index contributed by atoms with van der Waals surface area (Å²) in [5.74, 6) is 1.86. The van der Waals surface area contributed by atoms with E-state index in [1.54, 1.807) is 21.1 Å². The molecule has 0 aromatic carbocycles. The zero-order valence-corrected chi connectivity index (χ0v) is 108. The molecule has 0 amide bonds. The van der Waals surface area contributed by atoms with E-state index in [2.05, 4.69) is 78.0 Å². The van der Waals surface area contributed by atoms with Gasteiger partial charge in [-0.3, -0.25) is 4.79 Å². The molecule has 886 valence electrons. The Balaban J connectivity index is -0.00000000942. The lowest BCUT2D eigenvalue weighted by molar-refractivity contribution is -0.119. The molecule has 0 radical (unpaired) electrons. The van der Waals surface area contributed by atoms with Crippen LogP contribution in [-0.2, 0) is 38.0 Å². The number of Topliss-reactive ketones (excluding diaryl/α,β-unsaturated/α-hetero) is 2. The number of allylic oxidation sites excluding steroid dienone is 2. The lowest BCUT2D eigenvalue weighted by Crippen LogP contribution is -1.99. The molecule has 8 nitrogen and oxygen atoms in total. The molecule has 0 N–H and O–H groups in total. The van der Waals surface area contributed by atoms with E-state index in [1.165, 1.54) is 31.4 Å². The number of ether oxygens (including phenoxy) is 6. The molecule has 0 saturated heterocycles. The van der Waals surface area contributed by atoms with Crippen molar-refractivity contribution < 1.29 is 38.0 Å². The summed E-state index contributed by atoms with van der Waals surface area (Å²) < 4.78 is 29.0. The molecule has 131 heavy (non-hydrogen) atoms. The zero-order chi connectivity index (χ0) is 111. The fourth-order valence-corrected chi connectivity index (χ4v) is 1.83. The smallest absolute Gasteiger partial charge is 0.132 e.